The smallest absolute Gasteiger partial charge is 0.336 e. The van der Waals surface area contributed by atoms with Crippen molar-refractivity contribution in [3.8, 4) is 17.0 Å². The molecule has 1 heterocycles. The minimum absolute atomic E-state index is 0.0379. The highest BCUT2D eigenvalue weighted by Gasteiger charge is 2.17. The van der Waals surface area contributed by atoms with Crippen LogP contribution in [0.4, 0.5) is 8.78 Å². The number of ether oxygens (including phenoxy) is 1. The predicted octanol–water partition coefficient (Wildman–Crippen LogP) is 4.54. The van der Waals surface area contributed by atoms with Crippen LogP contribution in [0.25, 0.3) is 22.2 Å². The molecule has 122 valence electrons. The third-order valence-electron chi connectivity index (χ3n) is 3.51. The van der Waals surface area contributed by atoms with Crippen LogP contribution in [0.1, 0.15) is 10.4 Å². The largest absolute Gasteiger partial charge is 0.494 e. The number of halogens is 3. The van der Waals surface area contributed by atoms with Crippen molar-refractivity contribution >= 4 is 28.5 Å². The average Bonchev–Trinajstić information content (AvgIpc) is 2.53. The average molecular weight is 350 g/mol. The van der Waals surface area contributed by atoms with E-state index in [0.29, 0.717) is 5.56 Å². The molecule has 0 amide bonds. The summed E-state index contributed by atoms with van der Waals surface area (Å²) < 4.78 is 32.9. The standard InChI is InChI=1S/C17H10ClF2NO3/c1-24-15-3-2-8(4-12(15)19)14-7-11(17(22)23)10-5-9(18)6-13(20)16(10)21-14/h2-7H,1H3,(H,22,23). The Hall–Kier alpha value is -2.73. The minimum Gasteiger partial charge on any atom is -0.494 e. The summed E-state index contributed by atoms with van der Waals surface area (Å²) in [6.07, 6.45) is 0. The molecule has 0 aliphatic carbocycles. The molecule has 24 heavy (non-hydrogen) atoms. The molecule has 0 aliphatic heterocycles. The molecule has 1 N–H and O–H groups in total. The number of carboxylic acids is 1. The van der Waals surface area contributed by atoms with Gasteiger partial charge in [-0.25, -0.2) is 18.6 Å². The predicted molar refractivity (Wildman–Crippen MR) is 85.6 cm³/mol. The number of fused-ring (bicyclic) bond motifs is 1. The molecule has 0 spiro atoms. The second-order valence-electron chi connectivity index (χ2n) is 4.99. The number of hydrogen-bond donors (Lipinski definition) is 1. The number of aromatic carboxylic acids is 1. The van der Waals surface area contributed by atoms with Gasteiger partial charge in [0.1, 0.15) is 5.52 Å². The summed E-state index contributed by atoms with van der Waals surface area (Å²) in [6.45, 7) is 0. The second-order valence-corrected chi connectivity index (χ2v) is 5.43. The highest BCUT2D eigenvalue weighted by Crippen LogP contribution is 2.30. The van der Waals surface area contributed by atoms with E-state index in [4.69, 9.17) is 16.3 Å². The number of pyridine rings is 1. The molecule has 0 radical (unpaired) electrons. The minimum atomic E-state index is -1.26. The van der Waals surface area contributed by atoms with Crippen LogP contribution < -0.4 is 4.74 Å². The monoisotopic (exact) mass is 349 g/mol. The van der Waals surface area contributed by atoms with Crippen molar-refractivity contribution in [1.82, 2.24) is 4.98 Å². The molecule has 0 saturated heterocycles. The number of benzene rings is 2. The third kappa shape index (κ3) is 2.76. The topological polar surface area (TPSA) is 59.4 Å². The van der Waals surface area contributed by atoms with Gasteiger partial charge in [0, 0.05) is 16.0 Å². The number of methoxy groups -OCH3 is 1. The maximum Gasteiger partial charge on any atom is 0.336 e. The fourth-order valence-corrected chi connectivity index (χ4v) is 2.61. The molecular weight excluding hydrogens is 340 g/mol. The zero-order chi connectivity index (χ0) is 17.4. The maximum absolute atomic E-state index is 14.2. The maximum atomic E-state index is 14.2. The van der Waals surface area contributed by atoms with Crippen molar-refractivity contribution < 1.29 is 23.4 Å². The zero-order valence-corrected chi connectivity index (χ0v) is 13.1. The van der Waals surface area contributed by atoms with Crippen LogP contribution in [0, 0.1) is 11.6 Å². The molecule has 0 fully saturated rings. The van der Waals surface area contributed by atoms with Crippen molar-refractivity contribution in [2.45, 2.75) is 0 Å². The number of aromatic nitrogens is 1. The lowest BCUT2D eigenvalue weighted by Gasteiger charge is -2.09. The summed E-state index contributed by atoms with van der Waals surface area (Å²) >= 11 is 5.79. The van der Waals surface area contributed by atoms with Crippen molar-refractivity contribution in [3.05, 3.63) is 58.6 Å². The van der Waals surface area contributed by atoms with Gasteiger partial charge in [-0.3, -0.25) is 0 Å². The summed E-state index contributed by atoms with van der Waals surface area (Å²) in [5.74, 6) is -2.61. The van der Waals surface area contributed by atoms with E-state index in [0.717, 1.165) is 12.1 Å². The number of carboxylic acid groups (broad SMARTS) is 1. The fraction of sp³-hybridized carbons (Fsp3) is 0.0588. The van der Waals surface area contributed by atoms with E-state index in [1.165, 1.54) is 31.4 Å². The SMILES string of the molecule is COc1ccc(-c2cc(C(=O)O)c3cc(Cl)cc(F)c3n2)cc1F. The molecule has 1 aromatic heterocycles. The van der Waals surface area contributed by atoms with Gasteiger partial charge >= 0.3 is 5.97 Å². The molecule has 0 saturated carbocycles. The summed E-state index contributed by atoms with van der Waals surface area (Å²) in [4.78, 5) is 15.6. The Bertz CT molecular complexity index is 976. The molecular formula is C17H10ClF2NO3. The Balaban J connectivity index is 2.30. The number of hydrogen-bond acceptors (Lipinski definition) is 3. The van der Waals surface area contributed by atoms with Crippen molar-refractivity contribution in [2.75, 3.05) is 7.11 Å². The molecule has 0 aliphatic rings. The van der Waals surface area contributed by atoms with Crippen LogP contribution >= 0.6 is 11.6 Å². The quantitative estimate of drug-likeness (QED) is 0.754. The van der Waals surface area contributed by atoms with Crippen LogP contribution in [-0.2, 0) is 0 Å². The Morgan fingerprint density at radius 1 is 1.17 bits per heavy atom. The van der Waals surface area contributed by atoms with E-state index in [1.54, 1.807) is 0 Å². The van der Waals surface area contributed by atoms with E-state index in [1.807, 2.05) is 0 Å². The van der Waals surface area contributed by atoms with Crippen LogP contribution in [0.15, 0.2) is 36.4 Å². The lowest BCUT2D eigenvalue weighted by Crippen LogP contribution is -2.02. The van der Waals surface area contributed by atoms with Crippen molar-refractivity contribution in [2.24, 2.45) is 0 Å². The number of carbonyl (C=O) groups is 1. The van der Waals surface area contributed by atoms with Gasteiger partial charge in [-0.1, -0.05) is 11.6 Å². The normalized spacial score (nSPS) is 10.8. The van der Waals surface area contributed by atoms with Crippen LogP contribution in [-0.4, -0.2) is 23.2 Å². The van der Waals surface area contributed by atoms with Gasteiger partial charge in [-0.15, -0.1) is 0 Å². The summed E-state index contributed by atoms with van der Waals surface area (Å²) in [6, 6.07) is 7.66. The molecule has 2 aromatic carbocycles. The fourth-order valence-electron chi connectivity index (χ4n) is 2.40. The van der Waals surface area contributed by atoms with Gasteiger partial charge in [0.05, 0.1) is 18.4 Å². The molecule has 3 aromatic rings. The summed E-state index contributed by atoms with van der Waals surface area (Å²) in [5.41, 5.74) is 0.105. The second kappa shape index (κ2) is 6.05. The van der Waals surface area contributed by atoms with Crippen molar-refractivity contribution in [1.29, 1.82) is 0 Å². The van der Waals surface area contributed by atoms with Gasteiger partial charge in [-0.05, 0) is 36.4 Å². The van der Waals surface area contributed by atoms with E-state index in [2.05, 4.69) is 4.98 Å². The molecule has 4 nitrogen and oxygen atoms in total. The van der Waals surface area contributed by atoms with E-state index in [-0.39, 0.29) is 32.9 Å². The first-order valence-corrected chi connectivity index (χ1v) is 7.15. The van der Waals surface area contributed by atoms with Crippen LogP contribution in [0.2, 0.25) is 5.02 Å². The molecule has 0 atom stereocenters. The van der Waals surface area contributed by atoms with Crippen LogP contribution in [0.5, 0.6) is 5.75 Å². The zero-order valence-electron chi connectivity index (χ0n) is 12.3. The summed E-state index contributed by atoms with van der Waals surface area (Å²) in [7, 11) is 1.33. The van der Waals surface area contributed by atoms with Gasteiger partial charge in [0.2, 0.25) is 0 Å². The lowest BCUT2D eigenvalue weighted by molar-refractivity contribution is 0.0699. The molecule has 3 rings (SSSR count). The van der Waals surface area contributed by atoms with Gasteiger partial charge in [0.15, 0.2) is 17.4 Å². The van der Waals surface area contributed by atoms with Gasteiger partial charge < -0.3 is 9.84 Å². The highest BCUT2D eigenvalue weighted by molar-refractivity contribution is 6.31. The third-order valence-corrected chi connectivity index (χ3v) is 3.73. The highest BCUT2D eigenvalue weighted by atomic mass is 35.5. The Kier molecular flexibility index (Phi) is 4.07. The molecule has 7 heteroatoms. The van der Waals surface area contributed by atoms with Crippen LogP contribution in [0.3, 0.4) is 0 Å². The number of rotatable bonds is 3. The lowest BCUT2D eigenvalue weighted by atomic mass is 10.0. The van der Waals surface area contributed by atoms with E-state index >= 15 is 0 Å². The van der Waals surface area contributed by atoms with E-state index in [9.17, 15) is 18.7 Å². The Morgan fingerprint density at radius 3 is 2.54 bits per heavy atom. The van der Waals surface area contributed by atoms with Gasteiger partial charge in [-0.2, -0.15) is 0 Å². The van der Waals surface area contributed by atoms with Gasteiger partial charge in [0.25, 0.3) is 0 Å². The Morgan fingerprint density at radius 2 is 1.92 bits per heavy atom. The number of nitrogens with zero attached hydrogens (tertiary/aromatic N) is 1. The summed E-state index contributed by atoms with van der Waals surface area (Å²) in [5, 5.41) is 9.52. The van der Waals surface area contributed by atoms with E-state index < -0.39 is 17.6 Å². The first-order valence-electron chi connectivity index (χ1n) is 6.77. The van der Waals surface area contributed by atoms with Crippen molar-refractivity contribution in [3.63, 3.8) is 0 Å². The Labute approximate surface area is 140 Å². The first kappa shape index (κ1) is 16.1. The molecule has 0 unspecified atom stereocenters. The first-order chi connectivity index (χ1) is 11.4. The molecule has 0 bridgehead atoms.